The normalized spacial score (nSPS) is 14.1. The van der Waals surface area contributed by atoms with Gasteiger partial charge in [-0.3, -0.25) is 8.42 Å². The molecule has 2 unspecified atom stereocenters. The highest BCUT2D eigenvalue weighted by atomic mass is 32.2. The number of nitrogens with two attached hydrogens (primary N) is 1. The lowest BCUT2D eigenvalue weighted by Crippen LogP contribution is -2.37. The van der Waals surface area contributed by atoms with E-state index in [2.05, 4.69) is 0 Å². The molecule has 18 heavy (non-hydrogen) atoms. The summed E-state index contributed by atoms with van der Waals surface area (Å²) in [5, 5.41) is 0.422. The van der Waals surface area contributed by atoms with Gasteiger partial charge in [-0.05, 0) is 37.9 Å². The number of nitrogens with zero attached hydrogens (tertiary/aromatic N) is 1. The molecule has 0 saturated heterocycles. The van der Waals surface area contributed by atoms with Gasteiger partial charge in [0.1, 0.15) is 0 Å². The number of hydrogen-bond donors (Lipinski definition) is 1. The van der Waals surface area contributed by atoms with Crippen molar-refractivity contribution >= 4 is 38.9 Å². The van der Waals surface area contributed by atoms with Crippen molar-refractivity contribution in [1.82, 2.24) is 4.90 Å². The van der Waals surface area contributed by atoms with Crippen molar-refractivity contribution in [3.05, 3.63) is 0 Å². The van der Waals surface area contributed by atoms with Crippen LogP contribution in [0, 0.1) is 0 Å². The smallest absolute Gasteiger partial charge is 0.166 e. The lowest BCUT2D eigenvalue weighted by atomic mass is 10.3. The molecule has 4 nitrogen and oxygen atoms in total. The minimum absolute atomic E-state index is 0.422. The van der Waals surface area contributed by atoms with Crippen LogP contribution in [0.2, 0.25) is 0 Å². The van der Waals surface area contributed by atoms with Crippen molar-refractivity contribution in [2.45, 2.75) is 25.7 Å². The Balaban J connectivity index is 3.75. The molecule has 0 bridgehead atoms. The van der Waals surface area contributed by atoms with E-state index in [1.165, 1.54) is 0 Å². The maximum absolute atomic E-state index is 10.9. The summed E-state index contributed by atoms with van der Waals surface area (Å²) >= 11 is 5.00. The average Bonchev–Trinajstić information content (AvgIpc) is 2.25. The highest BCUT2D eigenvalue weighted by molar-refractivity contribution is 7.84. The van der Waals surface area contributed by atoms with E-state index < -0.39 is 21.6 Å². The van der Waals surface area contributed by atoms with Crippen LogP contribution in [0.25, 0.3) is 0 Å². The fourth-order valence-corrected chi connectivity index (χ4v) is 2.95. The topological polar surface area (TPSA) is 63.4 Å². The second-order valence-corrected chi connectivity index (χ2v) is 7.82. The summed E-state index contributed by atoms with van der Waals surface area (Å²) in [4.78, 5) is 1.98. The van der Waals surface area contributed by atoms with Crippen LogP contribution in [0.3, 0.4) is 0 Å². The summed E-state index contributed by atoms with van der Waals surface area (Å²) in [5.74, 6) is 1.47. The predicted molar refractivity (Wildman–Crippen MR) is 84.7 cm³/mol. The highest BCUT2D eigenvalue weighted by Crippen LogP contribution is 2.01. The Hall–Kier alpha value is -0.0100. The van der Waals surface area contributed by atoms with E-state index in [-0.39, 0.29) is 0 Å². The number of rotatable bonds is 10. The molecule has 0 fully saturated rings. The fraction of sp³-hybridized carbons (Fsp3) is 0.909. The molecule has 0 aromatic carbocycles. The molecular formula is C11H24N2O2S3. The largest absolute Gasteiger partial charge is 0.376 e. The molecule has 0 radical (unpaired) electrons. The monoisotopic (exact) mass is 312 g/mol. The van der Waals surface area contributed by atoms with Gasteiger partial charge in [0.05, 0.1) is 0 Å². The SMILES string of the molecule is CS(=O)CCCCN(CCCCS(C)=O)C(N)=S. The molecule has 108 valence electrons. The van der Waals surface area contributed by atoms with E-state index in [9.17, 15) is 8.42 Å². The minimum atomic E-state index is -0.719. The van der Waals surface area contributed by atoms with Crippen molar-refractivity contribution < 1.29 is 8.42 Å². The maximum Gasteiger partial charge on any atom is 0.166 e. The van der Waals surface area contributed by atoms with E-state index in [0.29, 0.717) is 5.11 Å². The third-order valence-electron chi connectivity index (χ3n) is 2.53. The quantitative estimate of drug-likeness (QED) is 0.479. The summed E-state index contributed by atoms with van der Waals surface area (Å²) in [7, 11) is -1.44. The van der Waals surface area contributed by atoms with Crippen molar-refractivity contribution in [2.24, 2.45) is 5.73 Å². The Morgan fingerprint density at radius 3 is 1.67 bits per heavy atom. The molecular weight excluding hydrogens is 288 g/mol. The van der Waals surface area contributed by atoms with Crippen molar-refractivity contribution in [3.8, 4) is 0 Å². The van der Waals surface area contributed by atoms with Crippen molar-refractivity contribution in [3.63, 3.8) is 0 Å². The zero-order valence-corrected chi connectivity index (χ0v) is 13.7. The Morgan fingerprint density at radius 1 is 1.00 bits per heavy atom. The van der Waals surface area contributed by atoms with E-state index in [4.69, 9.17) is 18.0 Å². The zero-order chi connectivity index (χ0) is 14.0. The molecule has 0 amide bonds. The molecule has 0 spiro atoms. The first-order valence-electron chi connectivity index (χ1n) is 6.08. The summed E-state index contributed by atoms with van der Waals surface area (Å²) in [6.45, 7) is 1.64. The van der Waals surface area contributed by atoms with E-state index in [1.807, 2.05) is 4.90 Å². The van der Waals surface area contributed by atoms with Gasteiger partial charge in [-0.1, -0.05) is 0 Å². The van der Waals surface area contributed by atoms with E-state index in [1.54, 1.807) is 12.5 Å². The Labute approximate surface area is 121 Å². The lowest BCUT2D eigenvalue weighted by Gasteiger charge is -2.22. The number of hydrogen-bond acceptors (Lipinski definition) is 3. The van der Waals surface area contributed by atoms with Gasteiger partial charge in [-0.15, -0.1) is 0 Å². The van der Waals surface area contributed by atoms with Crippen molar-refractivity contribution in [2.75, 3.05) is 37.1 Å². The number of thiocarbonyl (C=S) groups is 1. The molecule has 0 aromatic heterocycles. The molecule has 0 aromatic rings. The van der Waals surface area contributed by atoms with Crippen LogP contribution in [0.5, 0.6) is 0 Å². The van der Waals surface area contributed by atoms with Crippen LogP contribution in [0.4, 0.5) is 0 Å². The fourth-order valence-electron chi connectivity index (χ4n) is 1.55. The average molecular weight is 313 g/mol. The van der Waals surface area contributed by atoms with Gasteiger partial charge in [0.2, 0.25) is 0 Å². The van der Waals surface area contributed by atoms with Crippen LogP contribution in [-0.4, -0.2) is 55.5 Å². The third-order valence-corrected chi connectivity index (χ3v) is 4.52. The van der Waals surface area contributed by atoms with Gasteiger partial charge in [-0.2, -0.15) is 0 Å². The first kappa shape index (κ1) is 18.0. The van der Waals surface area contributed by atoms with Crippen LogP contribution in [-0.2, 0) is 21.6 Å². The zero-order valence-electron chi connectivity index (χ0n) is 11.2. The van der Waals surface area contributed by atoms with Gasteiger partial charge in [0, 0.05) is 58.7 Å². The van der Waals surface area contributed by atoms with Crippen molar-refractivity contribution in [1.29, 1.82) is 0 Å². The minimum Gasteiger partial charge on any atom is -0.376 e. The van der Waals surface area contributed by atoms with Crippen LogP contribution < -0.4 is 5.73 Å². The molecule has 0 aliphatic rings. The molecule has 2 atom stereocenters. The molecule has 0 aliphatic carbocycles. The lowest BCUT2D eigenvalue weighted by molar-refractivity contribution is 0.401. The maximum atomic E-state index is 10.9. The second kappa shape index (κ2) is 10.9. The van der Waals surface area contributed by atoms with E-state index >= 15 is 0 Å². The van der Waals surface area contributed by atoms with Crippen LogP contribution >= 0.6 is 12.2 Å². The summed E-state index contributed by atoms with van der Waals surface area (Å²) in [6.07, 6.45) is 7.21. The predicted octanol–water partition coefficient (Wildman–Crippen LogP) is 0.849. The highest BCUT2D eigenvalue weighted by Gasteiger charge is 2.06. The molecule has 0 rings (SSSR count). The van der Waals surface area contributed by atoms with Gasteiger partial charge in [0.15, 0.2) is 5.11 Å². The van der Waals surface area contributed by atoms with Gasteiger partial charge in [-0.25, -0.2) is 0 Å². The first-order valence-corrected chi connectivity index (χ1v) is 9.94. The summed E-state index contributed by atoms with van der Waals surface area (Å²) in [5.41, 5.74) is 5.66. The van der Waals surface area contributed by atoms with Gasteiger partial charge < -0.3 is 10.6 Å². The molecule has 0 heterocycles. The van der Waals surface area contributed by atoms with Crippen LogP contribution in [0.15, 0.2) is 0 Å². The molecule has 2 N–H and O–H groups in total. The van der Waals surface area contributed by atoms with E-state index in [0.717, 1.165) is 50.3 Å². The van der Waals surface area contributed by atoms with Crippen LogP contribution in [0.1, 0.15) is 25.7 Å². The molecule has 0 aliphatic heterocycles. The molecule has 0 saturated carbocycles. The first-order chi connectivity index (χ1) is 8.43. The second-order valence-electron chi connectivity index (χ2n) is 4.29. The Morgan fingerprint density at radius 2 is 1.39 bits per heavy atom. The number of unbranched alkanes of at least 4 members (excludes halogenated alkanes) is 2. The Kier molecular flexibility index (Phi) is 10.9. The summed E-state index contributed by atoms with van der Waals surface area (Å²) < 4.78 is 21.8. The molecule has 7 heteroatoms. The Bertz CT molecular complexity index is 276. The third kappa shape index (κ3) is 11.1. The standard InChI is InChI=1S/C11H24N2O2S3/c1-17(14)9-5-3-7-13(11(12)16)8-4-6-10-18(2)15/h3-10H2,1-2H3,(H2,12,16). The van der Waals surface area contributed by atoms with Gasteiger partial charge >= 0.3 is 0 Å². The summed E-state index contributed by atoms with van der Waals surface area (Å²) in [6, 6.07) is 0. The van der Waals surface area contributed by atoms with Gasteiger partial charge in [0.25, 0.3) is 0 Å².